The van der Waals surface area contributed by atoms with Gasteiger partial charge < -0.3 is 20.7 Å². The number of benzene rings is 1. The molecule has 200 valence electrons. The van der Waals surface area contributed by atoms with E-state index in [0.717, 1.165) is 25.0 Å². The average molecular weight is 525 g/mol. The second kappa shape index (κ2) is 11.3. The van der Waals surface area contributed by atoms with E-state index in [4.69, 9.17) is 10.5 Å². The quantitative estimate of drug-likeness (QED) is 0.277. The number of primary amides is 1. The summed E-state index contributed by atoms with van der Waals surface area (Å²) in [7, 11) is 0. The number of rotatable bonds is 10. The van der Waals surface area contributed by atoms with Crippen molar-refractivity contribution >= 4 is 23.5 Å². The second-order valence-electron chi connectivity index (χ2n) is 9.21. The van der Waals surface area contributed by atoms with Crippen LogP contribution in [0.1, 0.15) is 36.8 Å². The number of piperidine rings is 1. The van der Waals surface area contributed by atoms with Crippen LogP contribution in [-0.2, 0) is 27.0 Å². The summed E-state index contributed by atoms with van der Waals surface area (Å²) in [5, 5.41) is 2.67. The van der Waals surface area contributed by atoms with E-state index in [1.54, 1.807) is 4.90 Å². The van der Waals surface area contributed by atoms with Crippen LogP contribution in [0.25, 0.3) is 0 Å². The van der Waals surface area contributed by atoms with Gasteiger partial charge in [0.05, 0.1) is 18.0 Å². The van der Waals surface area contributed by atoms with E-state index in [1.807, 2.05) is 4.90 Å². The Morgan fingerprint density at radius 1 is 1.11 bits per heavy atom. The van der Waals surface area contributed by atoms with Crippen molar-refractivity contribution < 1.29 is 31.9 Å². The van der Waals surface area contributed by atoms with Crippen LogP contribution in [0, 0.1) is 11.7 Å². The molecule has 2 heterocycles. The first-order valence-corrected chi connectivity index (χ1v) is 12.0. The number of anilines is 2. The molecule has 0 unspecified atom stereocenters. The minimum absolute atomic E-state index is 0.0119. The molecule has 0 spiro atoms. The lowest BCUT2D eigenvalue weighted by Crippen LogP contribution is -2.41. The van der Waals surface area contributed by atoms with Crippen molar-refractivity contribution in [1.29, 1.82) is 0 Å². The zero-order chi connectivity index (χ0) is 26.6. The van der Waals surface area contributed by atoms with Crippen LogP contribution in [0.4, 0.5) is 29.2 Å². The summed E-state index contributed by atoms with van der Waals surface area (Å²) in [6.07, 6.45) is -0.582. The Kier molecular flexibility index (Phi) is 8.10. The van der Waals surface area contributed by atoms with Crippen molar-refractivity contribution in [2.24, 2.45) is 11.7 Å². The van der Waals surface area contributed by atoms with Gasteiger partial charge in [0.25, 0.3) is 0 Å². The minimum atomic E-state index is -4.43. The lowest BCUT2D eigenvalue weighted by atomic mass is 9.97. The summed E-state index contributed by atoms with van der Waals surface area (Å²) in [6, 6.07) is 4.75. The molecular weight excluding hydrogens is 496 g/mol. The topological polar surface area (TPSA) is 114 Å². The highest BCUT2D eigenvalue weighted by Crippen LogP contribution is 2.35. The Labute approximate surface area is 211 Å². The van der Waals surface area contributed by atoms with Crippen LogP contribution < -0.4 is 16.0 Å². The summed E-state index contributed by atoms with van der Waals surface area (Å²) in [5.74, 6) is -2.04. The van der Waals surface area contributed by atoms with Gasteiger partial charge in [-0.3, -0.25) is 14.5 Å². The number of alkyl halides is 3. The summed E-state index contributed by atoms with van der Waals surface area (Å²) in [4.78, 5) is 35.0. The first kappa shape index (κ1) is 26.6. The number of carbonyl (C=O) groups excluding carboxylic acids is 2. The highest BCUT2D eigenvalue weighted by atomic mass is 19.4. The third-order valence-electron chi connectivity index (χ3n) is 6.42. The molecule has 2 fully saturated rings. The Morgan fingerprint density at radius 2 is 1.78 bits per heavy atom. The molecule has 1 amide bonds. The first-order valence-electron chi connectivity index (χ1n) is 12.0. The zero-order valence-corrected chi connectivity index (χ0v) is 20.0. The molecular formula is C24H28F4N6O3. The van der Waals surface area contributed by atoms with Gasteiger partial charge in [0.1, 0.15) is 6.33 Å². The zero-order valence-electron chi connectivity index (χ0n) is 20.0. The number of carbonyl (C=O) groups is 2. The van der Waals surface area contributed by atoms with E-state index in [0.29, 0.717) is 31.5 Å². The standard InChI is InChI=1S/C24H28F4N6O3/c25-20-21(32-14-37-23(36)16-7-9-33(10-8-16)12-19(29)35)30-13-31-22(20)34(18-5-6-18)11-15-1-3-17(4-2-15)24(26,27)28/h1-4,13,16,18H,5-12,14H2,(H2,29,35)(H,30,31,32). The fraction of sp³-hybridized carbons (Fsp3) is 0.500. The average Bonchev–Trinajstić information content (AvgIpc) is 3.69. The van der Waals surface area contributed by atoms with E-state index in [-0.39, 0.29) is 43.4 Å². The SMILES string of the molecule is NC(=O)CN1CCC(C(=O)OCNc2ncnc(N(Cc3ccc(C(F)(F)F)cc3)C3CC3)c2F)CC1. The number of nitrogens with zero attached hydrogens (tertiary/aromatic N) is 4. The number of aromatic nitrogens is 2. The highest BCUT2D eigenvalue weighted by Gasteiger charge is 2.34. The van der Waals surface area contributed by atoms with Crippen LogP contribution >= 0.6 is 0 Å². The molecule has 37 heavy (non-hydrogen) atoms. The highest BCUT2D eigenvalue weighted by molar-refractivity contribution is 5.76. The molecule has 0 bridgehead atoms. The molecule has 4 rings (SSSR count). The molecule has 2 aromatic rings. The molecule has 2 aliphatic rings. The maximum atomic E-state index is 15.3. The van der Waals surface area contributed by atoms with E-state index in [9.17, 15) is 22.8 Å². The van der Waals surface area contributed by atoms with Crippen molar-refractivity contribution in [2.75, 3.05) is 36.6 Å². The van der Waals surface area contributed by atoms with Crippen molar-refractivity contribution in [3.8, 4) is 0 Å². The number of nitrogens with one attached hydrogen (secondary N) is 1. The smallest absolute Gasteiger partial charge is 0.416 e. The lowest BCUT2D eigenvalue weighted by Gasteiger charge is -2.29. The molecule has 3 N–H and O–H groups in total. The molecule has 0 radical (unpaired) electrons. The maximum absolute atomic E-state index is 15.3. The Bertz CT molecular complexity index is 1100. The molecule has 1 aliphatic heterocycles. The van der Waals surface area contributed by atoms with E-state index < -0.39 is 29.4 Å². The number of likely N-dealkylation sites (tertiary alicyclic amines) is 1. The van der Waals surface area contributed by atoms with Crippen LogP contribution in [0.15, 0.2) is 30.6 Å². The van der Waals surface area contributed by atoms with Crippen LogP contribution in [0.5, 0.6) is 0 Å². The molecule has 1 aliphatic carbocycles. The van der Waals surface area contributed by atoms with E-state index >= 15 is 4.39 Å². The van der Waals surface area contributed by atoms with Crippen molar-refractivity contribution in [2.45, 2.75) is 44.4 Å². The van der Waals surface area contributed by atoms with E-state index in [1.165, 1.54) is 18.5 Å². The number of esters is 1. The summed E-state index contributed by atoms with van der Waals surface area (Å²) < 4.78 is 59.2. The van der Waals surface area contributed by atoms with Crippen LogP contribution in [0.2, 0.25) is 0 Å². The molecule has 9 nitrogen and oxygen atoms in total. The first-order chi connectivity index (χ1) is 17.6. The number of hydrogen-bond donors (Lipinski definition) is 2. The number of hydrogen-bond acceptors (Lipinski definition) is 8. The van der Waals surface area contributed by atoms with Crippen LogP contribution in [0.3, 0.4) is 0 Å². The molecule has 1 saturated carbocycles. The molecule has 0 atom stereocenters. The van der Waals surface area contributed by atoms with Crippen molar-refractivity contribution in [3.05, 3.63) is 47.5 Å². The number of halogens is 4. The summed E-state index contributed by atoms with van der Waals surface area (Å²) >= 11 is 0. The summed E-state index contributed by atoms with van der Waals surface area (Å²) in [5.41, 5.74) is 5.03. The van der Waals surface area contributed by atoms with Gasteiger partial charge in [-0.15, -0.1) is 0 Å². The van der Waals surface area contributed by atoms with Gasteiger partial charge in [-0.1, -0.05) is 12.1 Å². The third kappa shape index (κ3) is 7.06. The largest absolute Gasteiger partial charge is 0.444 e. The minimum Gasteiger partial charge on any atom is -0.444 e. The van der Waals surface area contributed by atoms with Gasteiger partial charge in [0, 0.05) is 12.6 Å². The fourth-order valence-electron chi connectivity index (χ4n) is 4.28. The van der Waals surface area contributed by atoms with Gasteiger partial charge >= 0.3 is 12.1 Å². The second-order valence-corrected chi connectivity index (χ2v) is 9.21. The maximum Gasteiger partial charge on any atom is 0.416 e. The number of amides is 1. The lowest BCUT2D eigenvalue weighted by molar-refractivity contribution is -0.149. The van der Waals surface area contributed by atoms with Gasteiger partial charge in [-0.25, -0.2) is 9.97 Å². The summed E-state index contributed by atoms with van der Waals surface area (Å²) in [6.45, 7) is 1.14. The predicted molar refractivity (Wildman–Crippen MR) is 126 cm³/mol. The number of ether oxygens (including phenoxy) is 1. The Hall–Kier alpha value is -3.48. The van der Waals surface area contributed by atoms with Gasteiger partial charge in [0.2, 0.25) is 11.7 Å². The van der Waals surface area contributed by atoms with Gasteiger partial charge in [-0.2, -0.15) is 17.6 Å². The van der Waals surface area contributed by atoms with Gasteiger partial charge in [-0.05, 0) is 56.5 Å². The molecule has 13 heteroatoms. The van der Waals surface area contributed by atoms with Crippen molar-refractivity contribution in [3.63, 3.8) is 0 Å². The normalized spacial score (nSPS) is 16.9. The van der Waals surface area contributed by atoms with Crippen LogP contribution in [-0.4, -0.2) is 59.2 Å². The monoisotopic (exact) mass is 524 g/mol. The Morgan fingerprint density at radius 3 is 2.38 bits per heavy atom. The molecule has 1 aromatic heterocycles. The van der Waals surface area contributed by atoms with E-state index in [2.05, 4.69) is 15.3 Å². The van der Waals surface area contributed by atoms with Gasteiger partial charge in [0.15, 0.2) is 18.4 Å². The van der Waals surface area contributed by atoms with Crippen molar-refractivity contribution in [1.82, 2.24) is 14.9 Å². The number of nitrogens with two attached hydrogens (primary N) is 1. The third-order valence-corrected chi connectivity index (χ3v) is 6.42. The fourth-order valence-corrected chi connectivity index (χ4v) is 4.28. The molecule has 1 saturated heterocycles. The predicted octanol–water partition coefficient (Wildman–Crippen LogP) is 2.91. The Balaban J connectivity index is 1.34. The molecule has 1 aromatic carbocycles.